The monoisotopic (exact) mass is 269 g/mol. The van der Waals surface area contributed by atoms with Gasteiger partial charge in [0.15, 0.2) is 5.82 Å². The number of hydrogen-bond donors (Lipinski definition) is 2. The lowest BCUT2D eigenvalue weighted by Crippen LogP contribution is -1.97. The van der Waals surface area contributed by atoms with Gasteiger partial charge in [-0.15, -0.1) is 0 Å². The molecule has 2 aromatic heterocycles. The van der Waals surface area contributed by atoms with Crippen molar-refractivity contribution in [3.05, 3.63) is 46.7 Å². The molecule has 3 aromatic rings. The first-order valence-electron chi connectivity index (χ1n) is 5.78. The summed E-state index contributed by atoms with van der Waals surface area (Å²) < 4.78 is 0.565. The number of benzene rings is 1. The Balaban J connectivity index is 2.23. The maximum absolute atomic E-state index is 5.31. The molecule has 2 heterocycles. The maximum Gasteiger partial charge on any atom is 0.161 e. The van der Waals surface area contributed by atoms with Crippen LogP contribution in [0.15, 0.2) is 36.5 Å². The Morgan fingerprint density at radius 2 is 1.95 bits per heavy atom. The van der Waals surface area contributed by atoms with E-state index >= 15 is 0 Å². The van der Waals surface area contributed by atoms with Gasteiger partial charge in [-0.1, -0.05) is 42.5 Å². The molecule has 5 nitrogen and oxygen atoms in total. The fraction of sp³-hybridized carbons (Fsp3) is 0.0769. The van der Waals surface area contributed by atoms with Gasteiger partial charge >= 0.3 is 0 Å². The van der Waals surface area contributed by atoms with Gasteiger partial charge in [-0.3, -0.25) is 0 Å². The van der Waals surface area contributed by atoms with E-state index in [1.807, 2.05) is 37.3 Å². The lowest BCUT2D eigenvalue weighted by Gasteiger charge is -2.08. The summed E-state index contributed by atoms with van der Waals surface area (Å²) in [6.45, 7) is 1.96. The van der Waals surface area contributed by atoms with Crippen LogP contribution in [-0.2, 0) is 0 Å². The minimum absolute atomic E-state index is 0.565. The van der Waals surface area contributed by atoms with Crippen LogP contribution in [0.3, 0.4) is 0 Å². The molecule has 0 amide bonds. The van der Waals surface area contributed by atoms with Crippen molar-refractivity contribution in [3.8, 4) is 22.8 Å². The first-order valence-corrected chi connectivity index (χ1v) is 6.19. The second kappa shape index (κ2) is 4.74. The molecule has 0 bridgehead atoms. The van der Waals surface area contributed by atoms with Crippen LogP contribution in [-0.4, -0.2) is 25.4 Å². The smallest absolute Gasteiger partial charge is 0.161 e. The highest BCUT2D eigenvalue weighted by atomic mass is 32.1. The third-order valence-corrected chi connectivity index (χ3v) is 3.27. The van der Waals surface area contributed by atoms with Crippen molar-refractivity contribution >= 4 is 12.2 Å². The summed E-state index contributed by atoms with van der Waals surface area (Å²) in [5.74, 6) is 0.614. The molecule has 6 heteroatoms. The van der Waals surface area contributed by atoms with E-state index in [1.165, 1.54) is 0 Å². The molecule has 0 spiro atoms. The van der Waals surface area contributed by atoms with E-state index < -0.39 is 0 Å². The number of aromatic nitrogens is 5. The zero-order valence-corrected chi connectivity index (χ0v) is 11.0. The van der Waals surface area contributed by atoms with E-state index in [4.69, 9.17) is 12.2 Å². The molecule has 0 aliphatic heterocycles. The van der Waals surface area contributed by atoms with E-state index in [1.54, 1.807) is 6.20 Å². The number of nitrogens with one attached hydrogen (secondary N) is 2. The van der Waals surface area contributed by atoms with Crippen LogP contribution in [0.5, 0.6) is 0 Å². The normalized spacial score (nSPS) is 10.6. The van der Waals surface area contributed by atoms with Crippen molar-refractivity contribution in [2.45, 2.75) is 6.92 Å². The van der Waals surface area contributed by atoms with Gasteiger partial charge in [0.05, 0.1) is 11.9 Å². The number of nitrogens with zero attached hydrogens (tertiary/aromatic N) is 3. The third kappa shape index (κ3) is 2.17. The summed E-state index contributed by atoms with van der Waals surface area (Å²) in [6, 6.07) is 10.0. The molecule has 1 aromatic carbocycles. The van der Waals surface area contributed by atoms with Crippen LogP contribution < -0.4 is 0 Å². The second-order valence-electron chi connectivity index (χ2n) is 4.11. The summed E-state index contributed by atoms with van der Waals surface area (Å²) >= 11 is 5.31. The first-order chi connectivity index (χ1) is 9.25. The summed E-state index contributed by atoms with van der Waals surface area (Å²) in [4.78, 5) is 7.61. The largest absolute Gasteiger partial charge is 0.337 e. The van der Waals surface area contributed by atoms with Gasteiger partial charge in [0.1, 0.15) is 10.3 Å². The van der Waals surface area contributed by atoms with Crippen LogP contribution in [0.25, 0.3) is 22.8 Å². The molecule has 0 fully saturated rings. The SMILES string of the molecule is Cc1c(-c2ccccc2)[nH]c(-c2cn[nH]n2)nc1=S. The van der Waals surface area contributed by atoms with Crippen molar-refractivity contribution in [1.82, 2.24) is 25.4 Å². The zero-order valence-electron chi connectivity index (χ0n) is 10.2. The van der Waals surface area contributed by atoms with Crippen molar-refractivity contribution in [2.24, 2.45) is 0 Å². The predicted octanol–water partition coefficient (Wildman–Crippen LogP) is 2.90. The minimum atomic E-state index is 0.565. The number of rotatable bonds is 2. The Morgan fingerprint density at radius 1 is 1.16 bits per heavy atom. The van der Waals surface area contributed by atoms with E-state index in [0.29, 0.717) is 16.2 Å². The van der Waals surface area contributed by atoms with Crippen LogP contribution in [0.1, 0.15) is 5.56 Å². The predicted molar refractivity (Wildman–Crippen MR) is 75.0 cm³/mol. The van der Waals surface area contributed by atoms with Crippen LogP contribution in [0.4, 0.5) is 0 Å². The average Bonchev–Trinajstić information content (AvgIpc) is 2.97. The number of aromatic amines is 2. The van der Waals surface area contributed by atoms with E-state index in [2.05, 4.69) is 25.4 Å². The topological polar surface area (TPSA) is 70.2 Å². The average molecular weight is 269 g/mol. The molecule has 0 atom stereocenters. The van der Waals surface area contributed by atoms with Crippen molar-refractivity contribution < 1.29 is 0 Å². The molecule has 2 N–H and O–H groups in total. The fourth-order valence-electron chi connectivity index (χ4n) is 1.86. The van der Waals surface area contributed by atoms with E-state index in [-0.39, 0.29) is 0 Å². The van der Waals surface area contributed by atoms with Gasteiger partial charge in [0, 0.05) is 5.56 Å². The van der Waals surface area contributed by atoms with Crippen molar-refractivity contribution in [3.63, 3.8) is 0 Å². The first kappa shape index (κ1) is 11.7. The molecular formula is C13H11N5S. The Hall–Kier alpha value is -2.34. The molecule has 0 aliphatic rings. The highest BCUT2D eigenvalue weighted by Crippen LogP contribution is 2.23. The molecule has 0 saturated heterocycles. The highest BCUT2D eigenvalue weighted by Gasteiger charge is 2.10. The van der Waals surface area contributed by atoms with Crippen LogP contribution in [0, 0.1) is 11.6 Å². The number of H-pyrrole nitrogens is 2. The summed E-state index contributed by atoms with van der Waals surface area (Å²) in [7, 11) is 0. The quantitative estimate of drug-likeness (QED) is 0.702. The summed E-state index contributed by atoms with van der Waals surface area (Å²) in [5, 5.41) is 10.4. The summed E-state index contributed by atoms with van der Waals surface area (Å²) in [5.41, 5.74) is 3.62. The standard InChI is InChI=1S/C13H11N5S/c1-8-11(9-5-3-2-4-6-9)15-12(16-13(8)19)10-7-14-18-17-10/h2-7H,1H3,(H,14,17,18)(H,15,16,19). The molecule has 3 rings (SSSR count). The molecule has 94 valence electrons. The number of hydrogen-bond acceptors (Lipinski definition) is 4. The fourth-order valence-corrected chi connectivity index (χ4v) is 2.06. The highest BCUT2D eigenvalue weighted by molar-refractivity contribution is 7.71. The maximum atomic E-state index is 5.31. The third-order valence-electron chi connectivity index (χ3n) is 2.87. The van der Waals surface area contributed by atoms with Gasteiger partial charge < -0.3 is 4.98 Å². The Bertz CT molecular complexity index is 746. The van der Waals surface area contributed by atoms with E-state index in [9.17, 15) is 0 Å². The zero-order chi connectivity index (χ0) is 13.2. The van der Waals surface area contributed by atoms with Crippen molar-refractivity contribution in [1.29, 1.82) is 0 Å². The van der Waals surface area contributed by atoms with Gasteiger partial charge in [0.2, 0.25) is 0 Å². The van der Waals surface area contributed by atoms with Gasteiger partial charge in [-0.2, -0.15) is 15.4 Å². The molecular weight excluding hydrogens is 258 g/mol. The van der Waals surface area contributed by atoms with Gasteiger partial charge in [0.25, 0.3) is 0 Å². The summed E-state index contributed by atoms with van der Waals surface area (Å²) in [6.07, 6.45) is 1.61. The van der Waals surface area contributed by atoms with Crippen LogP contribution in [0.2, 0.25) is 0 Å². The molecule has 0 saturated carbocycles. The molecule has 0 unspecified atom stereocenters. The Kier molecular flexibility index (Phi) is 2.92. The van der Waals surface area contributed by atoms with Gasteiger partial charge in [-0.05, 0) is 12.5 Å². The van der Waals surface area contributed by atoms with E-state index in [0.717, 1.165) is 16.8 Å². The minimum Gasteiger partial charge on any atom is -0.337 e. The van der Waals surface area contributed by atoms with Crippen molar-refractivity contribution in [2.75, 3.05) is 0 Å². The Labute approximate surface area is 114 Å². The molecule has 0 aliphatic carbocycles. The molecule has 19 heavy (non-hydrogen) atoms. The Morgan fingerprint density at radius 3 is 2.63 bits per heavy atom. The second-order valence-corrected chi connectivity index (χ2v) is 4.50. The lowest BCUT2D eigenvalue weighted by molar-refractivity contribution is 0.937. The molecule has 0 radical (unpaired) electrons. The van der Waals surface area contributed by atoms with Gasteiger partial charge in [-0.25, -0.2) is 4.98 Å². The van der Waals surface area contributed by atoms with Crippen LogP contribution >= 0.6 is 12.2 Å². The lowest BCUT2D eigenvalue weighted by atomic mass is 10.1.